The fourth-order valence-corrected chi connectivity index (χ4v) is 4.79. The molecule has 2 aliphatic rings. The van der Waals surface area contributed by atoms with Crippen LogP contribution in [0.3, 0.4) is 0 Å². The summed E-state index contributed by atoms with van der Waals surface area (Å²) in [6, 6.07) is 21.9. The Kier molecular flexibility index (Phi) is 5.92. The van der Waals surface area contributed by atoms with Crippen LogP contribution in [-0.2, 0) is 13.0 Å². The molecule has 0 bridgehead atoms. The highest BCUT2D eigenvalue weighted by atomic mass is 16.3. The molecular weight excluding hydrogens is 332 g/mol. The third-order valence-corrected chi connectivity index (χ3v) is 6.43. The lowest BCUT2D eigenvalue weighted by Gasteiger charge is -2.44. The molecule has 27 heavy (non-hydrogen) atoms. The van der Waals surface area contributed by atoms with E-state index in [2.05, 4.69) is 64.4 Å². The summed E-state index contributed by atoms with van der Waals surface area (Å²) in [4.78, 5) is 5.24. The van der Waals surface area contributed by atoms with Crippen LogP contribution in [0.4, 0.5) is 0 Å². The van der Waals surface area contributed by atoms with Gasteiger partial charge in [0.05, 0.1) is 5.60 Å². The van der Waals surface area contributed by atoms with Crippen LogP contribution in [0.1, 0.15) is 36.8 Å². The van der Waals surface area contributed by atoms with Gasteiger partial charge in [0.2, 0.25) is 0 Å². The van der Waals surface area contributed by atoms with E-state index in [4.69, 9.17) is 0 Å². The highest BCUT2D eigenvalue weighted by Crippen LogP contribution is 2.34. The topological polar surface area (TPSA) is 26.7 Å². The van der Waals surface area contributed by atoms with Crippen molar-refractivity contribution in [3.63, 3.8) is 0 Å². The first-order chi connectivity index (χ1) is 13.2. The summed E-state index contributed by atoms with van der Waals surface area (Å²) in [6.07, 6.45) is 4.91. The zero-order chi connectivity index (χ0) is 18.5. The highest BCUT2D eigenvalue weighted by Gasteiger charge is 2.36. The molecule has 2 fully saturated rings. The number of rotatable bonds is 5. The maximum absolute atomic E-state index is 11.0. The molecule has 0 radical (unpaired) electrons. The molecule has 2 aromatic carbocycles. The lowest BCUT2D eigenvalue weighted by molar-refractivity contribution is -0.0273. The summed E-state index contributed by atoms with van der Waals surface area (Å²) in [6.45, 7) is 5.69. The minimum Gasteiger partial charge on any atom is -0.390 e. The zero-order valence-electron chi connectivity index (χ0n) is 16.3. The monoisotopic (exact) mass is 364 g/mol. The third kappa shape index (κ3) is 4.98. The number of nitrogens with zero attached hydrogens (tertiary/aromatic N) is 2. The van der Waals surface area contributed by atoms with Gasteiger partial charge in [-0.05, 0) is 36.8 Å². The van der Waals surface area contributed by atoms with E-state index in [1.54, 1.807) is 0 Å². The molecule has 3 nitrogen and oxygen atoms in total. The lowest BCUT2D eigenvalue weighted by atomic mass is 9.78. The zero-order valence-corrected chi connectivity index (χ0v) is 16.3. The van der Waals surface area contributed by atoms with Crippen LogP contribution in [0.15, 0.2) is 60.7 Å². The van der Waals surface area contributed by atoms with Crippen LogP contribution in [0.25, 0.3) is 0 Å². The van der Waals surface area contributed by atoms with Crippen molar-refractivity contribution < 1.29 is 5.11 Å². The Hall–Kier alpha value is -1.68. The van der Waals surface area contributed by atoms with Crippen LogP contribution in [-0.4, -0.2) is 52.7 Å². The van der Waals surface area contributed by atoms with Crippen molar-refractivity contribution in [2.45, 2.75) is 50.3 Å². The number of benzene rings is 2. The Morgan fingerprint density at radius 3 is 1.93 bits per heavy atom. The molecule has 0 unspecified atom stereocenters. The quantitative estimate of drug-likeness (QED) is 0.876. The second-order valence-corrected chi connectivity index (χ2v) is 8.42. The third-order valence-electron chi connectivity index (χ3n) is 6.43. The maximum atomic E-state index is 11.0. The van der Waals surface area contributed by atoms with Gasteiger partial charge in [0, 0.05) is 45.2 Å². The second kappa shape index (κ2) is 8.55. The van der Waals surface area contributed by atoms with Crippen LogP contribution in [0.5, 0.6) is 0 Å². The predicted octanol–water partition coefficient (Wildman–Crippen LogP) is 3.72. The van der Waals surface area contributed by atoms with Crippen molar-refractivity contribution in [3.8, 4) is 0 Å². The molecule has 1 heterocycles. The van der Waals surface area contributed by atoms with Gasteiger partial charge in [0.25, 0.3) is 0 Å². The van der Waals surface area contributed by atoms with E-state index in [9.17, 15) is 5.11 Å². The number of aliphatic hydroxyl groups is 1. The van der Waals surface area contributed by atoms with Gasteiger partial charge in [-0.3, -0.25) is 9.80 Å². The standard InChI is InChI=1S/C24H32N2O/c27-24(19-21-7-3-1-4-8-21)13-11-23(12-14-24)26-17-15-25(16-18-26)20-22-9-5-2-6-10-22/h1-10,23,27H,11-20H2/t23-,24+. The normalized spacial score (nSPS) is 27.5. The smallest absolute Gasteiger partial charge is 0.0689 e. The van der Waals surface area contributed by atoms with Gasteiger partial charge < -0.3 is 5.11 Å². The van der Waals surface area contributed by atoms with Crippen molar-refractivity contribution in [1.82, 2.24) is 9.80 Å². The van der Waals surface area contributed by atoms with E-state index < -0.39 is 5.60 Å². The van der Waals surface area contributed by atoms with Crippen LogP contribution in [0, 0.1) is 0 Å². The first-order valence-electron chi connectivity index (χ1n) is 10.5. The molecule has 0 amide bonds. The Bertz CT molecular complexity index is 687. The van der Waals surface area contributed by atoms with Gasteiger partial charge >= 0.3 is 0 Å². The Labute approximate surface area is 163 Å². The summed E-state index contributed by atoms with van der Waals surface area (Å²) in [5, 5.41) is 11.0. The highest BCUT2D eigenvalue weighted by molar-refractivity contribution is 5.17. The van der Waals surface area contributed by atoms with Crippen LogP contribution >= 0.6 is 0 Å². The van der Waals surface area contributed by atoms with Crippen molar-refractivity contribution in [2.75, 3.05) is 26.2 Å². The maximum Gasteiger partial charge on any atom is 0.0689 e. The molecule has 144 valence electrons. The van der Waals surface area contributed by atoms with Gasteiger partial charge in [-0.25, -0.2) is 0 Å². The average Bonchev–Trinajstić information content (AvgIpc) is 2.71. The molecule has 1 saturated carbocycles. The van der Waals surface area contributed by atoms with Gasteiger partial charge in [-0.15, -0.1) is 0 Å². The number of hydrogen-bond acceptors (Lipinski definition) is 3. The van der Waals surface area contributed by atoms with E-state index in [1.807, 2.05) is 6.07 Å². The molecule has 0 spiro atoms. The largest absolute Gasteiger partial charge is 0.390 e. The molecule has 4 rings (SSSR count). The van der Waals surface area contributed by atoms with E-state index in [0.717, 1.165) is 64.8 Å². The summed E-state index contributed by atoms with van der Waals surface area (Å²) in [7, 11) is 0. The van der Waals surface area contributed by atoms with E-state index in [0.29, 0.717) is 6.04 Å². The molecule has 0 aromatic heterocycles. The van der Waals surface area contributed by atoms with E-state index in [-0.39, 0.29) is 0 Å². The predicted molar refractivity (Wildman–Crippen MR) is 111 cm³/mol. The van der Waals surface area contributed by atoms with Gasteiger partial charge in [-0.2, -0.15) is 0 Å². The summed E-state index contributed by atoms with van der Waals surface area (Å²) >= 11 is 0. The first-order valence-corrected chi connectivity index (χ1v) is 10.5. The van der Waals surface area contributed by atoms with Gasteiger partial charge in [0.1, 0.15) is 0 Å². The van der Waals surface area contributed by atoms with Crippen molar-refractivity contribution in [2.24, 2.45) is 0 Å². The molecule has 1 saturated heterocycles. The van der Waals surface area contributed by atoms with Crippen molar-refractivity contribution in [3.05, 3.63) is 71.8 Å². The number of hydrogen-bond donors (Lipinski definition) is 1. The summed E-state index contributed by atoms with van der Waals surface area (Å²) in [5.74, 6) is 0. The van der Waals surface area contributed by atoms with Crippen molar-refractivity contribution in [1.29, 1.82) is 0 Å². The molecule has 0 atom stereocenters. The molecule has 3 heteroatoms. The fraction of sp³-hybridized carbons (Fsp3) is 0.500. The second-order valence-electron chi connectivity index (χ2n) is 8.42. The van der Waals surface area contributed by atoms with Crippen LogP contribution < -0.4 is 0 Å². The Morgan fingerprint density at radius 1 is 0.778 bits per heavy atom. The SMILES string of the molecule is O[C@]1(Cc2ccccc2)CC[C@H](N2CCN(Cc3ccccc3)CC2)CC1. The van der Waals surface area contributed by atoms with Crippen LogP contribution in [0.2, 0.25) is 0 Å². The molecule has 1 N–H and O–H groups in total. The van der Waals surface area contributed by atoms with Crippen molar-refractivity contribution >= 4 is 0 Å². The fourth-order valence-electron chi connectivity index (χ4n) is 4.79. The van der Waals surface area contributed by atoms with E-state index in [1.165, 1.54) is 11.1 Å². The Morgan fingerprint density at radius 2 is 1.33 bits per heavy atom. The van der Waals surface area contributed by atoms with Gasteiger partial charge in [0.15, 0.2) is 0 Å². The number of piperazine rings is 1. The lowest BCUT2D eigenvalue weighted by Crippen LogP contribution is -2.52. The first kappa shape index (κ1) is 18.7. The molecular formula is C24H32N2O. The van der Waals surface area contributed by atoms with Gasteiger partial charge in [-0.1, -0.05) is 60.7 Å². The average molecular weight is 365 g/mol. The summed E-state index contributed by atoms with van der Waals surface area (Å²) < 4.78 is 0. The molecule has 1 aliphatic heterocycles. The molecule has 2 aromatic rings. The Balaban J connectivity index is 1.23. The van der Waals surface area contributed by atoms with E-state index >= 15 is 0 Å². The minimum absolute atomic E-state index is 0.507. The minimum atomic E-state index is -0.507. The molecule has 1 aliphatic carbocycles. The summed E-state index contributed by atoms with van der Waals surface area (Å²) in [5.41, 5.74) is 2.16.